The van der Waals surface area contributed by atoms with Crippen molar-refractivity contribution in [2.45, 2.75) is 39.5 Å². The molecule has 2 aliphatic rings. The van der Waals surface area contributed by atoms with Crippen LogP contribution in [0.15, 0.2) is 0 Å². The van der Waals surface area contributed by atoms with Gasteiger partial charge in [-0.1, -0.05) is 13.8 Å². The number of carbonyl (C=O) groups excluding carboxylic acids is 5. The normalized spacial score (nSPS) is 22.2. The van der Waals surface area contributed by atoms with Gasteiger partial charge in [-0.25, -0.2) is 4.79 Å². The second-order valence-corrected chi connectivity index (χ2v) is 5.89. The Kier molecular flexibility index (Phi) is 4.58. The third-order valence-electron chi connectivity index (χ3n) is 3.58. The van der Waals surface area contributed by atoms with Crippen LogP contribution in [0, 0.1) is 11.8 Å². The van der Waals surface area contributed by atoms with Crippen LogP contribution in [0.2, 0.25) is 0 Å². The molecule has 0 saturated carbocycles. The molecule has 1 atom stereocenters. The highest BCUT2D eigenvalue weighted by Crippen LogP contribution is 2.25. The number of rotatable bonds is 5. The van der Waals surface area contributed by atoms with Gasteiger partial charge >= 0.3 is 5.97 Å². The van der Waals surface area contributed by atoms with E-state index in [1.807, 2.05) is 13.8 Å². The largest absolute Gasteiger partial charge is 0.352 e. The lowest BCUT2D eigenvalue weighted by Gasteiger charge is -2.17. The summed E-state index contributed by atoms with van der Waals surface area (Å²) in [4.78, 5) is 63.9. The highest BCUT2D eigenvalue weighted by Gasteiger charge is 2.41. The standard InChI is InChI=1S/C14H18N2O6/c1-8(2)5-9-6-12(19)15(14(9)21)7-13(20)22-16-10(17)3-4-11(16)18/h8-9H,3-7H2,1-2H3. The van der Waals surface area contributed by atoms with Crippen molar-refractivity contribution < 1.29 is 28.8 Å². The van der Waals surface area contributed by atoms with Gasteiger partial charge in [0.25, 0.3) is 11.8 Å². The molecule has 0 aromatic carbocycles. The van der Waals surface area contributed by atoms with E-state index in [-0.39, 0.29) is 25.2 Å². The van der Waals surface area contributed by atoms with Crippen LogP contribution in [0.4, 0.5) is 0 Å². The number of hydrogen-bond acceptors (Lipinski definition) is 6. The van der Waals surface area contributed by atoms with E-state index in [9.17, 15) is 24.0 Å². The van der Waals surface area contributed by atoms with Gasteiger partial charge in [-0.3, -0.25) is 24.1 Å². The zero-order valence-corrected chi connectivity index (χ0v) is 12.5. The number of carbonyl (C=O) groups is 5. The first-order chi connectivity index (χ1) is 10.3. The van der Waals surface area contributed by atoms with E-state index >= 15 is 0 Å². The predicted molar refractivity (Wildman–Crippen MR) is 71.5 cm³/mol. The molecule has 2 saturated heterocycles. The molecule has 0 aromatic rings. The summed E-state index contributed by atoms with van der Waals surface area (Å²) in [6.07, 6.45) is 0.624. The molecule has 1 unspecified atom stereocenters. The number of amides is 4. The van der Waals surface area contributed by atoms with Crippen molar-refractivity contribution in [2.75, 3.05) is 6.54 Å². The molecular weight excluding hydrogens is 292 g/mol. The molecule has 2 rings (SSSR count). The minimum atomic E-state index is -0.976. The maximum Gasteiger partial charge on any atom is 0.352 e. The Morgan fingerprint density at radius 2 is 1.73 bits per heavy atom. The predicted octanol–water partition coefficient (Wildman–Crippen LogP) is 0.0148. The quantitative estimate of drug-likeness (QED) is 0.663. The molecular formula is C14H18N2O6. The summed E-state index contributed by atoms with van der Waals surface area (Å²) in [7, 11) is 0. The summed E-state index contributed by atoms with van der Waals surface area (Å²) in [5, 5.41) is 0.402. The van der Waals surface area contributed by atoms with E-state index in [4.69, 9.17) is 0 Å². The first kappa shape index (κ1) is 16.1. The van der Waals surface area contributed by atoms with E-state index in [0.29, 0.717) is 11.5 Å². The molecule has 120 valence electrons. The summed E-state index contributed by atoms with van der Waals surface area (Å²) in [6, 6.07) is 0. The third kappa shape index (κ3) is 3.32. The van der Waals surface area contributed by atoms with Gasteiger partial charge < -0.3 is 4.84 Å². The minimum Gasteiger partial charge on any atom is -0.328 e. The van der Waals surface area contributed by atoms with Crippen molar-refractivity contribution in [3.8, 4) is 0 Å². The Morgan fingerprint density at radius 3 is 2.27 bits per heavy atom. The smallest absolute Gasteiger partial charge is 0.328 e. The monoisotopic (exact) mass is 310 g/mol. The first-order valence-electron chi connectivity index (χ1n) is 7.20. The fourth-order valence-electron chi connectivity index (χ4n) is 2.59. The summed E-state index contributed by atoms with van der Waals surface area (Å²) >= 11 is 0. The van der Waals surface area contributed by atoms with E-state index in [1.165, 1.54) is 0 Å². The number of imide groups is 2. The maximum absolute atomic E-state index is 12.1. The third-order valence-corrected chi connectivity index (χ3v) is 3.58. The van der Waals surface area contributed by atoms with Gasteiger partial charge in [-0.15, -0.1) is 5.06 Å². The zero-order chi connectivity index (χ0) is 16.4. The van der Waals surface area contributed by atoms with Crippen molar-refractivity contribution in [1.29, 1.82) is 0 Å². The van der Waals surface area contributed by atoms with Gasteiger partial charge in [0.15, 0.2) is 0 Å². The second kappa shape index (κ2) is 6.25. The molecule has 0 aromatic heterocycles. The molecule has 8 heteroatoms. The Labute approximate surface area is 127 Å². The highest BCUT2D eigenvalue weighted by atomic mass is 16.7. The second-order valence-electron chi connectivity index (χ2n) is 5.89. The van der Waals surface area contributed by atoms with Gasteiger partial charge in [-0.2, -0.15) is 0 Å². The molecule has 8 nitrogen and oxygen atoms in total. The van der Waals surface area contributed by atoms with E-state index in [0.717, 1.165) is 4.90 Å². The molecule has 0 bridgehead atoms. The molecule has 2 aliphatic heterocycles. The SMILES string of the molecule is CC(C)CC1CC(=O)N(CC(=O)ON2C(=O)CCC2=O)C1=O. The molecule has 22 heavy (non-hydrogen) atoms. The summed E-state index contributed by atoms with van der Waals surface area (Å²) in [5.74, 6) is -3.19. The van der Waals surface area contributed by atoms with Crippen molar-refractivity contribution in [3.05, 3.63) is 0 Å². The molecule has 0 N–H and O–H groups in total. The average molecular weight is 310 g/mol. The average Bonchev–Trinajstić information content (AvgIpc) is 2.86. The first-order valence-corrected chi connectivity index (χ1v) is 7.20. The van der Waals surface area contributed by atoms with Crippen LogP contribution in [0.1, 0.15) is 39.5 Å². The Morgan fingerprint density at radius 1 is 1.14 bits per heavy atom. The summed E-state index contributed by atoms with van der Waals surface area (Å²) in [6.45, 7) is 3.31. The zero-order valence-electron chi connectivity index (χ0n) is 12.5. The van der Waals surface area contributed by atoms with Crippen molar-refractivity contribution >= 4 is 29.6 Å². The molecule has 0 spiro atoms. The fourth-order valence-corrected chi connectivity index (χ4v) is 2.59. The fraction of sp³-hybridized carbons (Fsp3) is 0.643. The highest BCUT2D eigenvalue weighted by molar-refractivity contribution is 6.06. The molecule has 0 aliphatic carbocycles. The number of hydroxylamine groups is 2. The van der Waals surface area contributed by atoms with Crippen LogP contribution in [-0.4, -0.2) is 46.1 Å². The lowest BCUT2D eigenvalue weighted by Crippen LogP contribution is -2.40. The van der Waals surface area contributed by atoms with Crippen LogP contribution in [0.3, 0.4) is 0 Å². The Hall–Kier alpha value is -2.25. The molecule has 0 radical (unpaired) electrons. The minimum absolute atomic E-state index is 0.00977. The van der Waals surface area contributed by atoms with Crippen molar-refractivity contribution in [1.82, 2.24) is 9.96 Å². The molecule has 2 heterocycles. The molecule has 2 fully saturated rings. The van der Waals surface area contributed by atoms with Gasteiger partial charge in [0.1, 0.15) is 6.54 Å². The van der Waals surface area contributed by atoms with Crippen LogP contribution in [0.5, 0.6) is 0 Å². The number of nitrogens with zero attached hydrogens (tertiary/aromatic N) is 2. The van der Waals surface area contributed by atoms with E-state index in [1.54, 1.807) is 0 Å². The Bertz CT molecular complexity index is 525. The maximum atomic E-state index is 12.1. The van der Waals surface area contributed by atoms with Crippen LogP contribution in [-0.2, 0) is 28.8 Å². The van der Waals surface area contributed by atoms with Crippen LogP contribution in [0.25, 0.3) is 0 Å². The number of likely N-dealkylation sites (tertiary alicyclic amines) is 1. The summed E-state index contributed by atoms with van der Waals surface area (Å²) < 4.78 is 0. The topological polar surface area (TPSA) is 101 Å². The van der Waals surface area contributed by atoms with Crippen molar-refractivity contribution in [3.63, 3.8) is 0 Å². The molecule has 4 amide bonds. The van der Waals surface area contributed by atoms with Crippen molar-refractivity contribution in [2.24, 2.45) is 11.8 Å². The van der Waals surface area contributed by atoms with Gasteiger partial charge in [0, 0.05) is 25.2 Å². The lowest BCUT2D eigenvalue weighted by atomic mass is 9.96. The number of hydrogen-bond donors (Lipinski definition) is 0. The summed E-state index contributed by atoms with van der Waals surface area (Å²) in [5.41, 5.74) is 0. The van der Waals surface area contributed by atoms with Gasteiger partial charge in [0.05, 0.1) is 0 Å². The van der Waals surface area contributed by atoms with E-state index in [2.05, 4.69) is 4.84 Å². The van der Waals surface area contributed by atoms with E-state index < -0.39 is 42.1 Å². The van der Waals surface area contributed by atoms with Crippen LogP contribution >= 0.6 is 0 Å². The lowest BCUT2D eigenvalue weighted by molar-refractivity contribution is -0.198. The van der Waals surface area contributed by atoms with Gasteiger partial charge in [-0.05, 0) is 12.3 Å². The van der Waals surface area contributed by atoms with Gasteiger partial charge in [0.2, 0.25) is 11.8 Å². The van der Waals surface area contributed by atoms with Crippen LogP contribution < -0.4 is 0 Å². The Balaban J connectivity index is 1.94.